The van der Waals surface area contributed by atoms with Gasteiger partial charge in [0.1, 0.15) is 20.1 Å². The van der Waals surface area contributed by atoms with Gasteiger partial charge in [0.2, 0.25) is 0 Å². The van der Waals surface area contributed by atoms with E-state index in [-0.39, 0.29) is 11.8 Å². The third-order valence-corrected chi connectivity index (χ3v) is 10.4. The number of hydrogen-bond donors (Lipinski definition) is 0. The van der Waals surface area contributed by atoms with Crippen LogP contribution in [0.2, 0.25) is 0 Å². The number of unbranched alkanes of at least 4 members (excludes halogenated alkanes) is 2. The summed E-state index contributed by atoms with van der Waals surface area (Å²) in [6, 6.07) is 23.0. The number of carbonyl (C=O) groups excluding carboxylic acids is 2. The molecule has 12 heteroatoms. The van der Waals surface area contributed by atoms with Crippen molar-refractivity contribution in [3.8, 4) is 11.5 Å². The Morgan fingerprint density at radius 2 is 0.959 bits per heavy atom. The highest BCUT2D eigenvalue weighted by molar-refractivity contribution is 8.27. The van der Waals surface area contributed by atoms with Crippen molar-refractivity contribution in [2.45, 2.75) is 32.4 Å². The Hall–Kier alpha value is -4.36. The summed E-state index contributed by atoms with van der Waals surface area (Å²) in [7, 11) is 0. The Morgan fingerprint density at radius 1 is 0.571 bits per heavy atom. The van der Waals surface area contributed by atoms with E-state index in [1.165, 1.54) is 23.5 Å². The van der Waals surface area contributed by atoms with Gasteiger partial charge in [0.25, 0.3) is 11.8 Å². The molecule has 4 aromatic rings. The summed E-state index contributed by atoms with van der Waals surface area (Å²) in [6.45, 7) is 2.08. The quantitative estimate of drug-likeness (QED) is 0.0727. The minimum absolute atomic E-state index is 0.0856. The number of thioether (sulfide) groups is 2. The Morgan fingerprint density at radius 3 is 1.35 bits per heavy atom. The summed E-state index contributed by atoms with van der Waals surface area (Å²) >= 11 is 13.6. The molecule has 2 aliphatic heterocycles. The number of hydrogen-bond acceptors (Lipinski definition) is 10. The lowest BCUT2D eigenvalue weighted by Gasteiger charge is -2.14. The number of pyridine rings is 2. The molecule has 2 fully saturated rings. The van der Waals surface area contributed by atoms with Crippen LogP contribution in [-0.2, 0) is 22.7 Å². The van der Waals surface area contributed by atoms with Gasteiger partial charge in [-0.2, -0.15) is 0 Å². The Balaban J connectivity index is 0.879. The predicted molar refractivity (Wildman–Crippen MR) is 204 cm³/mol. The maximum Gasteiger partial charge on any atom is 0.266 e. The molecule has 4 heterocycles. The molecule has 248 valence electrons. The maximum atomic E-state index is 12.9. The molecule has 2 aromatic heterocycles. The second-order valence-corrected chi connectivity index (χ2v) is 14.5. The van der Waals surface area contributed by atoms with Gasteiger partial charge >= 0.3 is 0 Å². The van der Waals surface area contributed by atoms with Crippen LogP contribution in [-0.4, -0.2) is 53.4 Å². The van der Waals surface area contributed by atoms with E-state index >= 15 is 0 Å². The van der Waals surface area contributed by atoms with E-state index in [0.29, 0.717) is 44.8 Å². The summed E-state index contributed by atoms with van der Waals surface area (Å²) in [5.74, 6) is 1.40. The fourth-order valence-corrected chi connectivity index (χ4v) is 7.51. The highest BCUT2D eigenvalue weighted by Crippen LogP contribution is 2.35. The van der Waals surface area contributed by atoms with E-state index in [1.807, 2.05) is 84.9 Å². The van der Waals surface area contributed by atoms with Crippen LogP contribution in [0, 0.1) is 0 Å². The first kappa shape index (κ1) is 34.5. The lowest BCUT2D eigenvalue weighted by molar-refractivity contribution is -0.123. The fraction of sp³-hybridized carbons (Fsp3) is 0.189. The Labute approximate surface area is 304 Å². The van der Waals surface area contributed by atoms with E-state index in [9.17, 15) is 9.59 Å². The van der Waals surface area contributed by atoms with Crippen molar-refractivity contribution in [3.05, 3.63) is 130 Å². The summed E-state index contributed by atoms with van der Waals surface area (Å²) in [6.07, 6.45) is 13.3. The van der Waals surface area contributed by atoms with Crippen molar-refractivity contribution in [1.29, 1.82) is 0 Å². The van der Waals surface area contributed by atoms with Crippen LogP contribution in [0.1, 0.15) is 41.5 Å². The molecule has 2 amide bonds. The molecule has 0 bridgehead atoms. The van der Waals surface area contributed by atoms with E-state index in [0.717, 1.165) is 53.0 Å². The van der Waals surface area contributed by atoms with Gasteiger partial charge in [0, 0.05) is 24.8 Å². The molecule has 8 nitrogen and oxygen atoms in total. The van der Waals surface area contributed by atoms with Crippen molar-refractivity contribution in [2.75, 3.05) is 13.2 Å². The normalized spacial score (nSPS) is 16.3. The zero-order valence-electron chi connectivity index (χ0n) is 26.4. The van der Waals surface area contributed by atoms with Crippen molar-refractivity contribution in [3.63, 3.8) is 0 Å². The van der Waals surface area contributed by atoms with Crippen LogP contribution < -0.4 is 9.47 Å². The molecular weight excluding hydrogens is 693 g/mol. The zero-order chi connectivity index (χ0) is 34.0. The molecule has 0 radical (unpaired) electrons. The third-order valence-electron chi connectivity index (χ3n) is 7.61. The van der Waals surface area contributed by atoms with E-state index in [4.69, 9.17) is 33.9 Å². The molecule has 0 saturated carbocycles. The van der Waals surface area contributed by atoms with E-state index in [2.05, 4.69) is 9.97 Å². The molecule has 2 saturated heterocycles. The van der Waals surface area contributed by atoms with Crippen molar-refractivity contribution >= 4 is 80.6 Å². The fourth-order valence-electron chi connectivity index (χ4n) is 5.00. The lowest BCUT2D eigenvalue weighted by atomic mass is 10.2. The monoisotopic (exact) mass is 724 g/mol. The van der Waals surface area contributed by atoms with Gasteiger partial charge in [-0.1, -0.05) is 72.2 Å². The van der Waals surface area contributed by atoms with Gasteiger partial charge in [-0.25, -0.2) is 0 Å². The third kappa shape index (κ3) is 9.42. The standard InChI is InChI=1S/C37H32N4O4S4/c42-34-32(48-36(46)40(34)24-28-12-16-38-17-13-28)22-26-4-8-30(9-5-26)44-20-2-1-3-21-45-31-10-6-27(7-11-31)23-33-35(43)41(37(47)49-33)25-29-14-18-39-19-15-29/h4-19,22-23H,1-3,20-21,24-25H2/b32-22-,33-23-. The zero-order valence-corrected chi connectivity index (χ0v) is 29.7. The van der Waals surface area contributed by atoms with E-state index in [1.54, 1.807) is 34.6 Å². The number of amides is 2. The van der Waals surface area contributed by atoms with Crippen LogP contribution in [0.25, 0.3) is 12.2 Å². The first-order valence-corrected chi connectivity index (χ1v) is 18.1. The first-order chi connectivity index (χ1) is 23.9. The highest BCUT2D eigenvalue weighted by Gasteiger charge is 2.33. The molecule has 0 atom stereocenters. The molecule has 2 aliphatic rings. The van der Waals surface area contributed by atoms with E-state index < -0.39 is 0 Å². The summed E-state index contributed by atoms with van der Waals surface area (Å²) in [5, 5.41) is 0. The first-order valence-electron chi connectivity index (χ1n) is 15.7. The number of aromatic nitrogens is 2. The second-order valence-electron chi connectivity index (χ2n) is 11.1. The highest BCUT2D eigenvalue weighted by atomic mass is 32.2. The number of carbonyl (C=O) groups is 2. The van der Waals surface area contributed by atoms with Gasteiger partial charge in [-0.3, -0.25) is 29.4 Å². The minimum Gasteiger partial charge on any atom is -0.494 e. The smallest absolute Gasteiger partial charge is 0.266 e. The van der Waals surface area contributed by atoms with Gasteiger partial charge in [0.05, 0.1) is 36.1 Å². The topological polar surface area (TPSA) is 84.9 Å². The van der Waals surface area contributed by atoms with Crippen molar-refractivity contribution in [2.24, 2.45) is 0 Å². The number of ether oxygens (including phenoxy) is 2. The van der Waals surface area contributed by atoms with Crippen LogP contribution >= 0.6 is 48.0 Å². The number of thiocarbonyl (C=S) groups is 2. The van der Waals surface area contributed by atoms with Gasteiger partial charge in [-0.15, -0.1) is 0 Å². The molecule has 2 aromatic carbocycles. The summed E-state index contributed by atoms with van der Waals surface area (Å²) < 4.78 is 13.0. The average molecular weight is 725 g/mol. The summed E-state index contributed by atoms with van der Waals surface area (Å²) in [4.78, 5) is 38.4. The largest absolute Gasteiger partial charge is 0.494 e. The lowest BCUT2D eigenvalue weighted by Crippen LogP contribution is -2.27. The Bertz CT molecular complexity index is 1730. The van der Waals surface area contributed by atoms with Crippen molar-refractivity contribution in [1.82, 2.24) is 19.8 Å². The maximum absolute atomic E-state index is 12.9. The molecule has 6 rings (SSSR count). The predicted octanol–water partition coefficient (Wildman–Crippen LogP) is 7.91. The molecule has 0 N–H and O–H groups in total. The van der Waals surface area contributed by atoms with Crippen LogP contribution in [0.3, 0.4) is 0 Å². The number of rotatable bonds is 14. The molecule has 0 aliphatic carbocycles. The second kappa shape index (κ2) is 16.8. The summed E-state index contributed by atoms with van der Waals surface area (Å²) in [5.41, 5.74) is 3.79. The number of nitrogens with zero attached hydrogens (tertiary/aromatic N) is 4. The number of benzene rings is 2. The van der Waals surface area contributed by atoms with Gasteiger partial charge in [-0.05, 0) is 102 Å². The molecule has 49 heavy (non-hydrogen) atoms. The molecule has 0 unspecified atom stereocenters. The minimum atomic E-state index is -0.0856. The van der Waals surface area contributed by atoms with Crippen molar-refractivity contribution < 1.29 is 19.1 Å². The van der Waals surface area contributed by atoms with Gasteiger partial charge in [0.15, 0.2) is 0 Å². The Kier molecular flexibility index (Phi) is 11.9. The molecular formula is C37H32N4O4S4. The molecule has 0 spiro atoms. The van der Waals surface area contributed by atoms with Crippen LogP contribution in [0.4, 0.5) is 0 Å². The van der Waals surface area contributed by atoms with Gasteiger partial charge < -0.3 is 9.47 Å². The average Bonchev–Trinajstić information content (AvgIpc) is 3.53. The SMILES string of the molecule is O=C1/C(=C/c2ccc(OCCCCCOc3ccc(/C=C4\SC(=S)N(Cc5ccncc5)C4=O)cc3)cc2)SC(=S)N1Cc1ccncc1. The van der Waals surface area contributed by atoms with Crippen LogP contribution in [0.5, 0.6) is 11.5 Å². The van der Waals surface area contributed by atoms with Crippen LogP contribution in [0.15, 0.2) is 107 Å².